The molecule has 1 aliphatic rings. The topological polar surface area (TPSA) is 82.8 Å². The first kappa shape index (κ1) is 11.2. The van der Waals surface area contributed by atoms with Crippen LogP contribution in [-0.2, 0) is 13.0 Å². The van der Waals surface area contributed by atoms with E-state index in [1.54, 1.807) is 0 Å². The van der Waals surface area contributed by atoms with Crippen molar-refractivity contribution >= 4 is 5.69 Å². The summed E-state index contributed by atoms with van der Waals surface area (Å²) in [5, 5.41) is 4.55. The van der Waals surface area contributed by atoms with Crippen LogP contribution in [0.5, 0.6) is 0 Å². The third-order valence-electron chi connectivity index (χ3n) is 3.43. The first-order valence-electron chi connectivity index (χ1n) is 6.26. The van der Waals surface area contributed by atoms with Gasteiger partial charge >= 0.3 is 0 Å². The van der Waals surface area contributed by atoms with Crippen molar-refractivity contribution in [2.75, 3.05) is 12.3 Å². The quantitative estimate of drug-likeness (QED) is 0.772. The van der Waals surface area contributed by atoms with E-state index in [4.69, 9.17) is 11.5 Å². The Hall–Kier alpha value is -1.88. The first-order chi connectivity index (χ1) is 8.76. The molecule has 4 N–H and O–H groups in total. The smallest absolute Gasteiger partial charge is 0.181 e. The fourth-order valence-corrected chi connectivity index (χ4v) is 2.37. The van der Waals surface area contributed by atoms with Gasteiger partial charge in [-0.2, -0.15) is 5.10 Å². The maximum atomic E-state index is 5.78. The van der Waals surface area contributed by atoms with Crippen LogP contribution in [0.25, 0.3) is 11.4 Å². The van der Waals surface area contributed by atoms with Crippen molar-refractivity contribution in [1.29, 1.82) is 0 Å². The van der Waals surface area contributed by atoms with E-state index in [1.165, 1.54) is 0 Å². The summed E-state index contributed by atoms with van der Waals surface area (Å²) in [5.41, 5.74) is 13.2. The highest BCUT2D eigenvalue weighted by atomic mass is 15.4. The Labute approximate surface area is 106 Å². The number of fused-ring (bicyclic) bond motifs is 1. The number of benzene rings is 1. The largest absolute Gasteiger partial charge is 0.399 e. The molecule has 94 valence electrons. The number of hydrogen-bond acceptors (Lipinski definition) is 4. The molecule has 2 aromatic rings. The van der Waals surface area contributed by atoms with Crippen molar-refractivity contribution in [3.8, 4) is 11.4 Å². The number of hydrogen-bond donors (Lipinski definition) is 2. The van der Waals surface area contributed by atoms with Crippen LogP contribution < -0.4 is 11.5 Å². The second-order valence-corrected chi connectivity index (χ2v) is 4.80. The minimum atomic E-state index is 0.521. The van der Waals surface area contributed by atoms with Gasteiger partial charge in [0.1, 0.15) is 5.82 Å². The van der Waals surface area contributed by atoms with E-state index in [0.717, 1.165) is 42.3 Å². The van der Waals surface area contributed by atoms with Crippen LogP contribution in [-0.4, -0.2) is 21.3 Å². The van der Waals surface area contributed by atoms with Gasteiger partial charge in [-0.25, -0.2) is 9.67 Å². The molecule has 0 saturated carbocycles. The van der Waals surface area contributed by atoms with E-state index in [2.05, 4.69) is 10.1 Å². The van der Waals surface area contributed by atoms with Gasteiger partial charge < -0.3 is 11.5 Å². The lowest BCUT2D eigenvalue weighted by Crippen LogP contribution is -2.27. The molecule has 5 heteroatoms. The molecule has 2 heterocycles. The van der Waals surface area contributed by atoms with Crippen molar-refractivity contribution < 1.29 is 0 Å². The lowest BCUT2D eigenvalue weighted by molar-refractivity contribution is 0.350. The summed E-state index contributed by atoms with van der Waals surface area (Å²) in [6.07, 6.45) is 2.06. The van der Waals surface area contributed by atoms with Crippen molar-refractivity contribution in [2.24, 2.45) is 11.7 Å². The highest BCUT2D eigenvalue weighted by Gasteiger charge is 2.20. The third-order valence-corrected chi connectivity index (χ3v) is 3.43. The number of nitrogens with two attached hydrogens (primary N) is 2. The van der Waals surface area contributed by atoms with Crippen molar-refractivity contribution in [2.45, 2.75) is 19.4 Å². The maximum absolute atomic E-state index is 5.78. The summed E-state index contributed by atoms with van der Waals surface area (Å²) in [4.78, 5) is 4.59. The zero-order valence-corrected chi connectivity index (χ0v) is 10.2. The second kappa shape index (κ2) is 4.42. The van der Waals surface area contributed by atoms with Gasteiger partial charge in [0.2, 0.25) is 0 Å². The normalized spacial score (nSPS) is 18.6. The van der Waals surface area contributed by atoms with Gasteiger partial charge in [-0.15, -0.1) is 0 Å². The zero-order chi connectivity index (χ0) is 12.5. The Kier molecular flexibility index (Phi) is 2.76. The van der Waals surface area contributed by atoms with Gasteiger partial charge in [-0.3, -0.25) is 0 Å². The lowest BCUT2D eigenvalue weighted by atomic mass is 10.0. The molecule has 0 bridgehead atoms. The fraction of sp³-hybridized carbons (Fsp3) is 0.385. The van der Waals surface area contributed by atoms with Gasteiger partial charge in [0.05, 0.1) is 0 Å². The van der Waals surface area contributed by atoms with Crippen molar-refractivity contribution in [1.82, 2.24) is 14.8 Å². The Bertz CT molecular complexity index is 560. The van der Waals surface area contributed by atoms with E-state index >= 15 is 0 Å². The van der Waals surface area contributed by atoms with Gasteiger partial charge in [-0.05, 0) is 31.0 Å². The first-order valence-corrected chi connectivity index (χ1v) is 6.26. The predicted octanol–water partition coefficient (Wildman–Crippen LogP) is 1.05. The molecule has 0 amide bonds. The molecular weight excluding hydrogens is 226 g/mol. The maximum Gasteiger partial charge on any atom is 0.181 e. The molecule has 1 aromatic carbocycles. The summed E-state index contributed by atoms with van der Waals surface area (Å²) >= 11 is 0. The zero-order valence-electron chi connectivity index (χ0n) is 10.2. The number of aryl methyl sites for hydroxylation is 1. The number of nitrogen functional groups attached to an aromatic ring is 1. The van der Waals surface area contributed by atoms with E-state index in [1.807, 2.05) is 28.9 Å². The fourth-order valence-electron chi connectivity index (χ4n) is 2.37. The van der Waals surface area contributed by atoms with E-state index in [0.29, 0.717) is 12.5 Å². The number of aromatic nitrogens is 3. The Morgan fingerprint density at radius 1 is 1.39 bits per heavy atom. The van der Waals surface area contributed by atoms with Crippen LogP contribution in [0.2, 0.25) is 0 Å². The van der Waals surface area contributed by atoms with Crippen LogP contribution in [0.3, 0.4) is 0 Å². The van der Waals surface area contributed by atoms with Crippen LogP contribution in [0.1, 0.15) is 12.2 Å². The van der Waals surface area contributed by atoms with Gasteiger partial charge in [0.15, 0.2) is 5.82 Å². The summed E-state index contributed by atoms with van der Waals surface area (Å²) in [5.74, 6) is 2.33. The highest BCUT2D eigenvalue weighted by Crippen LogP contribution is 2.22. The summed E-state index contributed by atoms with van der Waals surface area (Å²) < 4.78 is 1.99. The molecule has 1 aliphatic heterocycles. The average molecular weight is 243 g/mol. The monoisotopic (exact) mass is 243 g/mol. The molecule has 1 aromatic heterocycles. The minimum absolute atomic E-state index is 0.521. The Morgan fingerprint density at radius 3 is 3.06 bits per heavy atom. The second-order valence-electron chi connectivity index (χ2n) is 4.80. The molecule has 0 radical (unpaired) electrons. The summed E-state index contributed by atoms with van der Waals surface area (Å²) in [6, 6.07) is 7.68. The molecule has 18 heavy (non-hydrogen) atoms. The summed E-state index contributed by atoms with van der Waals surface area (Å²) in [7, 11) is 0. The highest BCUT2D eigenvalue weighted by molar-refractivity contribution is 5.60. The van der Waals surface area contributed by atoms with E-state index in [-0.39, 0.29) is 0 Å². The Morgan fingerprint density at radius 2 is 2.28 bits per heavy atom. The summed E-state index contributed by atoms with van der Waals surface area (Å²) in [6.45, 7) is 1.59. The molecule has 0 saturated heterocycles. The lowest BCUT2D eigenvalue weighted by Gasteiger charge is -2.20. The third kappa shape index (κ3) is 1.97. The molecule has 0 aliphatic carbocycles. The molecule has 1 unspecified atom stereocenters. The van der Waals surface area contributed by atoms with Crippen LogP contribution in [0, 0.1) is 5.92 Å². The number of anilines is 1. The molecule has 5 nitrogen and oxygen atoms in total. The Balaban J connectivity index is 1.94. The molecule has 3 rings (SSSR count). The molecule has 0 spiro atoms. The predicted molar refractivity (Wildman–Crippen MR) is 70.7 cm³/mol. The van der Waals surface area contributed by atoms with Crippen LogP contribution in [0.15, 0.2) is 24.3 Å². The minimum Gasteiger partial charge on any atom is -0.399 e. The average Bonchev–Trinajstić information content (AvgIpc) is 2.81. The van der Waals surface area contributed by atoms with E-state index in [9.17, 15) is 0 Å². The number of nitrogens with zero attached hydrogens (tertiary/aromatic N) is 3. The SMILES string of the molecule is NCC1CCc2nc(-c3cccc(N)c3)nn2C1. The van der Waals surface area contributed by atoms with Crippen molar-refractivity contribution in [3.05, 3.63) is 30.1 Å². The molecule has 1 atom stereocenters. The van der Waals surface area contributed by atoms with E-state index < -0.39 is 0 Å². The van der Waals surface area contributed by atoms with Crippen LogP contribution in [0.4, 0.5) is 5.69 Å². The van der Waals surface area contributed by atoms with Gasteiger partial charge in [0, 0.05) is 24.2 Å². The molecule has 0 fully saturated rings. The standard InChI is InChI=1S/C13H17N5/c14-7-9-4-5-12-16-13(17-18(12)8-9)10-2-1-3-11(15)6-10/h1-3,6,9H,4-5,7-8,14-15H2. The van der Waals surface area contributed by atoms with Gasteiger partial charge in [-0.1, -0.05) is 12.1 Å². The van der Waals surface area contributed by atoms with Crippen LogP contribution >= 0.6 is 0 Å². The number of rotatable bonds is 2. The van der Waals surface area contributed by atoms with Crippen molar-refractivity contribution in [3.63, 3.8) is 0 Å². The van der Waals surface area contributed by atoms with Gasteiger partial charge in [0.25, 0.3) is 0 Å². The molecular formula is C13H17N5.